The Kier molecular flexibility index (Phi) is 3.21. The predicted octanol–water partition coefficient (Wildman–Crippen LogP) is 3.17. The van der Waals surface area contributed by atoms with Crippen LogP contribution in [0.1, 0.15) is 29.3 Å². The summed E-state index contributed by atoms with van der Waals surface area (Å²) in [6.45, 7) is 1.21. The van der Waals surface area contributed by atoms with Crippen molar-refractivity contribution in [3.05, 3.63) is 27.7 Å². The van der Waals surface area contributed by atoms with Crippen LogP contribution in [-0.2, 0) is 0 Å². The number of carbonyl (C=O) groups is 1. The molecule has 1 aromatic rings. The maximum Gasteiger partial charge on any atom is 0.264 e. The van der Waals surface area contributed by atoms with Crippen LogP contribution in [0.25, 0.3) is 0 Å². The molecule has 0 amide bonds. The Morgan fingerprint density at radius 3 is 2.50 bits per heavy atom. The monoisotopic (exact) mass is 263 g/mol. The molecule has 76 valence electrons. The van der Waals surface area contributed by atoms with E-state index in [1.54, 1.807) is 0 Å². The van der Waals surface area contributed by atoms with E-state index in [1.165, 1.54) is 19.1 Å². The van der Waals surface area contributed by atoms with Crippen molar-refractivity contribution in [2.75, 3.05) is 5.73 Å². The number of nitrogen functional groups attached to an aromatic ring is 1. The van der Waals surface area contributed by atoms with Gasteiger partial charge in [-0.3, -0.25) is 4.79 Å². The molecular weight excluding hydrogens is 256 g/mol. The number of rotatable bonds is 2. The minimum Gasteiger partial charge on any atom is -0.398 e. The van der Waals surface area contributed by atoms with Gasteiger partial charge in [0, 0.05) is 21.3 Å². The van der Waals surface area contributed by atoms with Crippen molar-refractivity contribution >= 4 is 27.4 Å². The summed E-state index contributed by atoms with van der Waals surface area (Å²) in [6, 6.07) is 2.64. The number of benzene rings is 1. The second kappa shape index (κ2) is 4.04. The first-order chi connectivity index (χ1) is 6.43. The van der Waals surface area contributed by atoms with Crippen LogP contribution in [0.4, 0.5) is 14.5 Å². The largest absolute Gasteiger partial charge is 0.398 e. The lowest BCUT2D eigenvalue weighted by atomic mass is 10.0. The van der Waals surface area contributed by atoms with E-state index in [0.29, 0.717) is 4.47 Å². The maximum absolute atomic E-state index is 12.5. The fraction of sp³-hybridized carbons (Fsp3) is 0.222. The number of nitrogens with two attached hydrogens (primary N) is 1. The zero-order valence-corrected chi connectivity index (χ0v) is 8.94. The molecule has 2 nitrogen and oxygen atoms in total. The molecule has 0 bridgehead atoms. The molecule has 0 aliphatic rings. The van der Waals surface area contributed by atoms with Crippen LogP contribution in [0.2, 0.25) is 0 Å². The van der Waals surface area contributed by atoms with Crippen molar-refractivity contribution in [2.45, 2.75) is 13.3 Å². The van der Waals surface area contributed by atoms with E-state index < -0.39 is 12.2 Å². The van der Waals surface area contributed by atoms with Crippen molar-refractivity contribution in [3.63, 3.8) is 0 Å². The lowest BCUT2D eigenvalue weighted by Gasteiger charge is -2.09. The Labute approximate surface area is 88.2 Å². The van der Waals surface area contributed by atoms with Crippen LogP contribution in [0.3, 0.4) is 0 Å². The van der Waals surface area contributed by atoms with Gasteiger partial charge in [-0.15, -0.1) is 0 Å². The van der Waals surface area contributed by atoms with Gasteiger partial charge in [-0.1, -0.05) is 15.9 Å². The van der Waals surface area contributed by atoms with E-state index in [1.807, 2.05) is 0 Å². The van der Waals surface area contributed by atoms with Gasteiger partial charge in [0.25, 0.3) is 6.43 Å². The van der Waals surface area contributed by atoms with E-state index in [2.05, 4.69) is 15.9 Å². The van der Waals surface area contributed by atoms with Crippen molar-refractivity contribution < 1.29 is 13.6 Å². The van der Waals surface area contributed by atoms with Crippen LogP contribution in [0.15, 0.2) is 16.6 Å². The number of Topliss-reactive ketones (excluding diaryl/α,β-unsaturated/α-hetero) is 1. The molecular formula is C9H8BrF2NO. The molecule has 2 N–H and O–H groups in total. The summed E-state index contributed by atoms with van der Waals surface area (Å²) in [6.07, 6.45) is -2.70. The molecule has 0 unspecified atom stereocenters. The molecule has 0 aliphatic heterocycles. The first-order valence-electron chi connectivity index (χ1n) is 3.81. The zero-order valence-electron chi connectivity index (χ0n) is 7.35. The molecule has 0 saturated carbocycles. The second-order valence-electron chi connectivity index (χ2n) is 2.82. The Balaban J connectivity index is 3.44. The van der Waals surface area contributed by atoms with Gasteiger partial charge < -0.3 is 5.73 Å². The predicted molar refractivity (Wildman–Crippen MR) is 53.5 cm³/mol. The number of hydrogen-bond acceptors (Lipinski definition) is 2. The molecule has 0 radical (unpaired) electrons. The number of hydrogen-bond donors (Lipinski definition) is 1. The Bertz CT molecular complexity index is 379. The van der Waals surface area contributed by atoms with E-state index in [9.17, 15) is 13.6 Å². The Hall–Kier alpha value is -0.970. The molecule has 0 aromatic heterocycles. The van der Waals surface area contributed by atoms with E-state index in [0.717, 1.165) is 0 Å². The highest BCUT2D eigenvalue weighted by molar-refractivity contribution is 9.10. The van der Waals surface area contributed by atoms with Crippen molar-refractivity contribution in [1.29, 1.82) is 0 Å². The summed E-state index contributed by atoms with van der Waals surface area (Å²) in [7, 11) is 0. The molecule has 0 heterocycles. The molecule has 14 heavy (non-hydrogen) atoms. The summed E-state index contributed by atoms with van der Waals surface area (Å²) >= 11 is 3.04. The minimum absolute atomic E-state index is 0.0715. The van der Waals surface area contributed by atoms with Crippen LogP contribution in [0.5, 0.6) is 0 Å². The first kappa shape index (κ1) is 11.1. The quantitative estimate of drug-likeness (QED) is 0.658. The molecule has 1 aromatic carbocycles. The van der Waals surface area contributed by atoms with Gasteiger partial charge in [-0.25, -0.2) is 8.78 Å². The van der Waals surface area contributed by atoms with Gasteiger partial charge in [-0.05, 0) is 19.1 Å². The highest BCUT2D eigenvalue weighted by Gasteiger charge is 2.19. The molecule has 0 atom stereocenters. The van der Waals surface area contributed by atoms with Crippen molar-refractivity contribution in [1.82, 2.24) is 0 Å². The number of anilines is 1. The highest BCUT2D eigenvalue weighted by Crippen LogP contribution is 2.30. The van der Waals surface area contributed by atoms with Gasteiger partial charge >= 0.3 is 0 Å². The van der Waals surface area contributed by atoms with Crippen LogP contribution in [-0.4, -0.2) is 5.78 Å². The molecule has 0 spiro atoms. The summed E-state index contributed by atoms with van der Waals surface area (Å²) in [5.41, 5.74) is 5.12. The summed E-state index contributed by atoms with van der Waals surface area (Å²) in [5.74, 6) is -0.453. The molecule has 0 fully saturated rings. The van der Waals surface area contributed by atoms with E-state index in [4.69, 9.17) is 5.73 Å². The van der Waals surface area contributed by atoms with Crippen molar-refractivity contribution in [3.8, 4) is 0 Å². The highest BCUT2D eigenvalue weighted by atomic mass is 79.9. The average Bonchev–Trinajstić information content (AvgIpc) is 2.01. The fourth-order valence-electron chi connectivity index (χ4n) is 1.23. The summed E-state index contributed by atoms with van der Waals surface area (Å²) in [4.78, 5) is 11.1. The van der Waals surface area contributed by atoms with Gasteiger partial charge in [0.15, 0.2) is 5.78 Å². The number of ketones is 1. The van der Waals surface area contributed by atoms with Crippen LogP contribution < -0.4 is 5.73 Å². The molecule has 0 aliphatic carbocycles. The van der Waals surface area contributed by atoms with Gasteiger partial charge in [-0.2, -0.15) is 0 Å². The van der Waals surface area contributed by atoms with Gasteiger partial charge in [0.1, 0.15) is 0 Å². The zero-order chi connectivity index (χ0) is 10.9. The SMILES string of the molecule is CC(=O)c1c(N)cc(Br)cc1C(F)F. The minimum atomic E-state index is -2.70. The molecule has 0 saturated heterocycles. The van der Waals surface area contributed by atoms with E-state index in [-0.39, 0.29) is 16.8 Å². The van der Waals surface area contributed by atoms with Crippen LogP contribution >= 0.6 is 15.9 Å². The van der Waals surface area contributed by atoms with Crippen molar-refractivity contribution in [2.24, 2.45) is 0 Å². The molecule has 5 heteroatoms. The smallest absolute Gasteiger partial charge is 0.264 e. The first-order valence-corrected chi connectivity index (χ1v) is 4.60. The number of alkyl halides is 2. The third kappa shape index (κ3) is 2.09. The lowest BCUT2D eigenvalue weighted by molar-refractivity contribution is 0.1000. The summed E-state index contributed by atoms with van der Waals surface area (Å²) in [5, 5.41) is 0. The normalized spacial score (nSPS) is 10.6. The standard InChI is InChI=1S/C9H8BrF2NO/c1-4(14)8-6(9(11)12)2-5(10)3-7(8)13/h2-3,9H,13H2,1H3. The Morgan fingerprint density at radius 2 is 2.07 bits per heavy atom. The van der Waals surface area contributed by atoms with Crippen LogP contribution in [0, 0.1) is 0 Å². The number of halogens is 3. The third-order valence-corrected chi connectivity index (χ3v) is 2.21. The van der Waals surface area contributed by atoms with Gasteiger partial charge in [0.05, 0.1) is 0 Å². The second-order valence-corrected chi connectivity index (χ2v) is 3.73. The average molecular weight is 264 g/mol. The summed E-state index contributed by atoms with van der Waals surface area (Å²) < 4.78 is 25.5. The van der Waals surface area contributed by atoms with E-state index >= 15 is 0 Å². The number of carbonyl (C=O) groups excluding carboxylic acids is 1. The molecule has 1 rings (SSSR count). The lowest BCUT2D eigenvalue weighted by Crippen LogP contribution is -2.05. The Morgan fingerprint density at radius 1 is 1.50 bits per heavy atom. The fourth-order valence-corrected chi connectivity index (χ4v) is 1.72. The maximum atomic E-state index is 12.5. The van der Waals surface area contributed by atoms with Gasteiger partial charge in [0.2, 0.25) is 0 Å². The topological polar surface area (TPSA) is 43.1 Å². The third-order valence-electron chi connectivity index (χ3n) is 1.75.